The van der Waals surface area contributed by atoms with Gasteiger partial charge < -0.3 is 9.64 Å². The van der Waals surface area contributed by atoms with E-state index in [0.717, 1.165) is 22.8 Å². The van der Waals surface area contributed by atoms with E-state index in [9.17, 15) is 9.59 Å². The summed E-state index contributed by atoms with van der Waals surface area (Å²) in [7, 11) is -0.695. The number of halogens is 3. The maximum Gasteiger partial charge on any atom is 0.234 e. The number of allylic oxidation sites excluding steroid dienone is 1. The van der Waals surface area contributed by atoms with Gasteiger partial charge in [-0.1, -0.05) is 60.0 Å². The second-order valence-electron chi connectivity index (χ2n) is 11.3. The fourth-order valence-corrected chi connectivity index (χ4v) is 6.09. The van der Waals surface area contributed by atoms with E-state index < -0.39 is 10.0 Å². The lowest BCUT2D eigenvalue weighted by Gasteiger charge is -2.43. The molecule has 1 saturated heterocycles. The molecule has 234 valence electrons. The molecule has 2 aromatic rings. The first kappa shape index (κ1) is 36.5. The minimum Gasteiger partial charge on any atom is -0.360 e. The predicted octanol–water partition coefficient (Wildman–Crippen LogP) is 8.58. The first-order valence-electron chi connectivity index (χ1n) is 14.4. The van der Waals surface area contributed by atoms with Crippen molar-refractivity contribution in [3.8, 4) is 0 Å². The van der Waals surface area contributed by atoms with Crippen molar-refractivity contribution in [3.05, 3.63) is 75.8 Å². The van der Waals surface area contributed by atoms with E-state index in [4.69, 9.17) is 39.5 Å². The molecule has 0 bridgehead atoms. The smallest absolute Gasteiger partial charge is 0.234 e. The fraction of sp³-hybridized carbons (Fsp3) is 0.515. The van der Waals surface area contributed by atoms with Gasteiger partial charge in [-0.25, -0.2) is 10.0 Å². The van der Waals surface area contributed by atoms with Gasteiger partial charge >= 0.3 is 0 Å². The molecular weight excluding hydrogens is 611 g/mol. The van der Waals surface area contributed by atoms with Crippen molar-refractivity contribution in [2.24, 2.45) is 5.92 Å². The molecule has 5 nitrogen and oxygen atoms in total. The Morgan fingerprint density at radius 1 is 1.12 bits per heavy atom. The van der Waals surface area contributed by atoms with Crippen LogP contribution in [-0.4, -0.2) is 73.0 Å². The SMILES string of the molecule is C/C=C(\CC)[C@@H]1C(C(=O)N(COCCS(C)(C)C)c2cccc(Cl)c2)CCC(=O)N1CCCCl.Cc1cccc(Cl)c1. The van der Waals surface area contributed by atoms with Gasteiger partial charge in [0, 0.05) is 40.3 Å². The van der Waals surface area contributed by atoms with Crippen LogP contribution in [0.1, 0.15) is 45.1 Å². The number of piperidine rings is 1. The second kappa shape index (κ2) is 18.2. The largest absolute Gasteiger partial charge is 0.360 e. The average Bonchev–Trinajstić information content (AvgIpc) is 2.93. The van der Waals surface area contributed by atoms with Gasteiger partial charge in [0.1, 0.15) is 6.73 Å². The summed E-state index contributed by atoms with van der Waals surface area (Å²) in [5.41, 5.74) is 3.02. The van der Waals surface area contributed by atoms with Crippen LogP contribution in [0.3, 0.4) is 0 Å². The van der Waals surface area contributed by atoms with Crippen LogP contribution in [0.4, 0.5) is 5.69 Å². The number of anilines is 1. The van der Waals surface area contributed by atoms with E-state index in [0.29, 0.717) is 49.0 Å². The van der Waals surface area contributed by atoms with E-state index in [1.807, 2.05) is 61.2 Å². The molecule has 0 radical (unpaired) electrons. The molecule has 3 rings (SSSR count). The molecule has 0 N–H and O–H groups in total. The third-order valence-electron chi connectivity index (χ3n) is 7.14. The fourth-order valence-electron chi connectivity index (χ4n) is 4.93. The summed E-state index contributed by atoms with van der Waals surface area (Å²) >= 11 is 17.9. The van der Waals surface area contributed by atoms with Gasteiger partial charge in [0.15, 0.2) is 0 Å². The molecule has 0 saturated carbocycles. The topological polar surface area (TPSA) is 49.9 Å². The minimum absolute atomic E-state index is 0.0356. The maximum atomic E-state index is 14.1. The van der Waals surface area contributed by atoms with E-state index in [-0.39, 0.29) is 30.5 Å². The van der Waals surface area contributed by atoms with Crippen molar-refractivity contribution in [1.29, 1.82) is 0 Å². The molecule has 9 heteroatoms. The molecular formula is C33H47Cl3N2O3S. The first-order chi connectivity index (χ1) is 19.9. The number of likely N-dealkylation sites (tertiary alicyclic amines) is 1. The van der Waals surface area contributed by atoms with Crippen LogP contribution in [0.15, 0.2) is 60.2 Å². The van der Waals surface area contributed by atoms with Crippen LogP contribution in [0.5, 0.6) is 0 Å². The highest BCUT2D eigenvalue weighted by atomic mass is 35.5. The first-order valence-corrected chi connectivity index (χ1v) is 18.8. The van der Waals surface area contributed by atoms with E-state index in [2.05, 4.69) is 25.7 Å². The second-order valence-corrected chi connectivity index (χ2v) is 17.2. The summed E-state index contributed by atoms with van der Waals surface area (Å²) in [6, 6.07) is 14.8. The van der Waals surface area contributed by atoms with Gasteiger partial charge in [0.2, 0.25) is 11.8 Å². The molecule has 2 amide bonds. The molecule has 0 aromatic heterocycles. The minimum atomic E-state index is -0.695. The van der Waals surface area contributed by atoms with Gasteiger partial charge in [0.05, 0.1) is 18.6 Å². The van der Waals surface area contributed by atoms with Crippen LogP contribution in [0, 0.1) is 12.8 Å². The van der Waals surface area contributed by atoms with Gasteiger partial charge in [-0.05, 0) is 87.8 Å². The standard InChI is InChI=1S/C26H40Cl2N2O3S.C7H7Cl/c1-6-20(7-2)25-23(12-13-24(31)29(25)15-9-14-27)26(32)30(19-33-16-17-34(3,4)5)22-11-8-10-21(28)18-22;1-6-3-2-4-7(8)5-6/h6,8,10-11,18,23,25H,7,9,12-17,19H2,1-5H3;2-5H,1H3/b20-6+;/t23?,25-;/m1./s1. The third-order valence-corrected chi connectivity index (χ3v) is 9.27. The Kier molecular flexibility index (Phi) is 15.8. The van der Waals surface area contributed by atoms with E-state index in [1.54, 1.807) is 17.0 Å². The lowest BCUT2D eigenvalue weighted by atomic mass is 9.81. The van der Waals surface area contributed by atoms with Crippen LogP contribution in [0.25, 0.3) is 0 Å². The number of hydrogen-bond acceptors (Lipinski definition) is 3. The summed E-state index contributed by atoms with van der Waals surface area (Å²) in [6.45, 7) is 7.37. The number of amides is 2. The quantitative estimate of drug-likeness (QED) is 0.0995. The molecule has 1 aliphatic rings. The Morgan fingerprint density at radius 3 is 2.31 bits per heavy atom. The summed E-state index contributed by atoms with van der Waals surface area (Å²) in [5, 5.41) is 1.38. The Morgan fingerprint density at radius 2 is 1.79 bits per heavy atom. The Balaban J connectivity index is 0.000000661. The molecule has 42 heavy (non-hydrogen) atoms. The van der Waals surface area contributed by atoms with Gasteiger partial charge in [-0.3, -0.25) is 14.5 Å². The van der Waals surface area contributed by atoms with Crippen LogP contribution >= 0.6 is 44.8 Å². The van der Waals surface area contributed by atoms with Gasteiger partial charge in [0.25, 0.3) is 0 Å². The van der Waals surface area contributed by atoms with E-state index >= 15 is 0 Å². The van der Waals surface area contributed by atoms with Gasteiger partial charge in [-0.15, -0.1) is 11.6 Å². The molecule has 1 unspecified atom stereocenters. The number of hydrogen-bond donors (Lipinski definition) is 0. The number of alkyl halides is 1. The van der Waals surface area contributed by atoms with Crippen molar-refractivity contribution < 1.29 is 14.3 Å². The highest BCUT2D eigenvalue weighted by molar-refractivity contribution is 8.32. The van der Waals surface area contributed by atoms with Crippen LogP contribution < -0.4 is 4.90 Å². The number of ether oxygens (including phenoxy) is 1. The lowest BCUT2D eigenvalue weighted by molar-refractivity contribution is -0.141. The molecule has 1 aliphatic heterocycles. The summed E-state index contributed by atoms with van der Waals surface area (Å²) in [6.07, 6.45) is 11.1. The molecule has 0 spiro atoms. The van der Waals surface area contributed by atoms with Crippen LogP contribution in [0.2, 0.25) is 10.0 Å². The van der Waals surface area contributed by atoms with Crippen molar-refractivity contribution >= 4 is 62.3 Å². The third kappa shape index (κ3) is 11.8. The number of aryl methyl sites for hydroxylation is 1. The van der Waals surface area contributed by atoms with Crippen molar-refractivity contribution in [3.63, 3.8) is 0 Å². The van der Waals surface area contributed by atoms with Crippen molar-refractivity contribution in [1.82, 2.24) is 4.90 Å². The van der Waals surface area contributed by atoms with Crippen LogP contribution in [-0.2, 0) is 14.3 Å². The highest BCUT2D eigenvalue weighted by Crippen LogP contribution is 2.35. The summed E-state index contributed by atoms with van der Waals surface area (Å²) < 4.78 is 6.01. The van der Waals surface area contributed by atoms with Crippen molar-refractivity contribution in [2.75, 3.05) is 55.2 Å². The molecule has 1 heterocycles. The maximum absolute atomic E-state index is 14.1. The predicted molar refractivity (Wildman–Crippen MR) is 184 cm³/mol. The van der Waals surface area contributed by atoms with Crippen molar-refractivity contribution in [2.45, 2.75) is 52.5 Å². The lowest BCUT2D eigenvalue weighted by Crippen LogP contribution is -2.55. The number of benzene rings is 2. The average molecular weight is 658 g/mol. The normalized spacial score (nSPS) is 17.9. The van der Waals surface area contributed by atoms with Gasteiger partial charge in [-0.2, -0.15) is 0 Å². The zero-order valence-corrected chi connectivity index (χ0v) is 29.0. The number of carbonyl (C=O) groups excluding carboxylic acids is 2. The number of nitrogens with zero attached hydrogens (tertiary/aromatic N) is 2. The molecule has 2 atom stereocenters. The Labute approximate surface area is 269 Å². The number of carbonyl (C=O) groups is 2. The highest BCUT2D eigenvalue weighted by Gasteiger charge is 2.42. The monoisotopic (exact) mass is 656 g/mol. The Hall–Kier alpha value is -1.70. The zero-order chi connectivity index (χ0) is 31.3. The Bertz CT molecular complexity index is 1170. The number of rotatable bonds is 12. The van der Waals surface area contributed by atoms with E-state index in [1.165, 1.54) is 5.56 Å². The molecule has 2 aromatic carbocycles. The molecule has 0 aliphatic carbocycles. The molecule has 1 fully saturated rings. The zero-order valence-electron chi connectivity index (χ0n) is 25.9. The summed E-state index contributed by atoms with van der Waals surface area (Å²) in [4.78, 5) is 30.5. The summed E-state index contributed by atoms with van der Waals surface area (Å²) in [5.74, 6) is 1.15.